The molecule has 104 valence electrons. The molecule has 0 aliphatic carbocycles. The summed E-state index contributed by atoms with van der Waals surface area (Å²) in [5.74, 6) is 0.780. The Kier molecular flexibility index (Phi) is 5.67. The lowest BCUT2D eigenvalue weighted by Crippen LogP contribution is -2.36. The van der Waals surface area contributed by atoms with Crippen LogP contribution in [-0.4, -0.2) is 37.8 Å². The molecule has 1 heterocycles. The molecule has 0 saturated carbocycles. The minimum atomic E-state index is -3.41. The largest absolute Gasteiger partial charge is 0.326 e. The lowest BCUT2D eigenvalue weighted by atomic mass is 10.4. The second-order valence-electron chi connectivity index (χ2n) is 4.16. The number of aryl methyl sites for hydroxylation is 1. The van der Waals surface area contributed by atoms with Crippen LogP contribution in [-0.2, 0) is 16.6 Å². The molecule has 4 nitrogen and oxygen atoms in total. The van der Waals surface area contributed by atoms with E-state index in [4.69, 9.17) is 5.73 Å². The summed E-state index contributed by atoms with van der Waals surface area (Å²) >= 11 is 3.09. The van der Waals surface area contributed by atoms with Gasteiger partial charge in [-0.15, -0.1) is 11.3 Å². The van der Waals surface area contributed by atoms with E-state index in [2.05, 4.69) is 0 Å². The summed E-state index contributed by atoms with van der Waals surface area (Å²) in [4.78, 5) is 2.10. The summed E-state index contributed by atoms with van der Waals surface area (Å²) in [6.45, 7) is 4.12. The van der Waals surface area contributed by atoms with E-state index in [0.717, 1.165) is 15.5 Å². The van der Waals surface area contributed by atoms with Crippen LogP contribution >= 0.6 is 23.1 Å². The van der Waals surface area contributed by atoms with Crippen LogP contribution in [0.25, 0.3) is 0 Å². The molecule has 0 amide bonds. The summed E-state index contributed by atoms with van der Waals surface area (Å²) in [5, 5.41) is 0. The molecule has 0 fully saturated rings. The molecule has 0 spiro atoms. The van der Waals surface area contributed by atoms with E-state index in [-0.39, 0.29) is 6.04 Å². The van der Waals surface area contributed by atoms with Crippen LogP contribution in [0.3, 0.4) is 0 Å². The molecule has 7 heteroatoms. The SMILES string of the molecule is CSCC(C)N(C)S(=O)(=O)c1cc(CN)sc1C. The number of thiophene rings is 1. The van der Waals surface area contributed by atoms with Gasteiger partial charge in [-0.1, -0.05) is 0 Å². The fraction of sp³-hybridized carbons (Fsp3) is 0.636. The van der Waals surface area contributed by atoms with Gasteiger partial charge in [-0.3, -0.25) is 0 Å². The zero-order valence-electron chi connectivity index (χ0n) is 11.1. The van der Waals surface area contributed by atoms with E-state index in [1.165, 1.54) is 15.6 Å². The molecule has 1 aromatic rings. The van der Waals surface area contributed by atoms with E-state index < -0.39 is 10.0 Å². The average Bonchev–Trinajstić information content (AvgIpc) is 2.70. The standard InChI is InChI=1S/C11H20N2O2S3/c1-8(7-16-4)13(3)18(14,15)11-5-10(6-12)17-9(11)2/h5,8H,6-7,12H2,1-4H3. The lowest BCUT2D eigenvalue weighted by Gasteiger charge is -2.23. The van der Waals surface area contributed by atoms with Crippen molar-refractivity contribution in [3.05, 3.63) is 15.8 Å². The number of thioether (sulfide) groups is 1. The molecule has 2 N–H and O–H groups in total. The van der Waals surface area contributed by atoms with Crippen LogP contribution in [0, 0.1) is 6.92 Å². The number of hydrogen-bond donors (Lipinski definition) is 1. The van der Waals surface area contributed by atoms with Crippen molar-refractivity contribution in [2.75, 3.05) is 19.1 Å². The predicted molar refractivity (Wildman–Crippen MR) is 79.7 cm³/mol. The van der Waals surface area contributed by atoms with E-state index in [1.54, 1.807) is 24.9 Å². The first-order valence-corrected chi connectivity index (χ1v) is 9.26. The highest BCUT2D eigenvalue weighted by Gasteiger charge is 2.27. The van der Waals surface area contributed by atoms with Gasteiger partial charge in [-0.2, -0.15) is 16.1 Å². The molecule has 0 radical (unpaired) electrons. The van der Waals surface area contributed by atoms with E-state index in [0.29, 0.717) is 11.4 Å². The Morgan fingerprint density at radius 2 is 2.17 bits per heavy atom. The quantitative estimate of drug-likeness (QED) is 0.871. The zero-order chi connectivity index (χ0) is 13.9. The Morgan fingerprint density at radius 3 is 2.61 bits per heavy atom. The third kappa shape index (κ3) is 3.27. The molecule has 0 aliphatic rings. The van der Waals surface area contributed by atoms with Crippen LogP contribution in [0.1, 0.15) is 16.7 Å². The van der Waals surface area contributed by atoms with Crippen molar-refractivity contribution >= 4 is 33.1 Å². The Bertz CT molecular complexity index is 496. The van der Waals surface area contributed by atoms with Gasteiger partial charge in [0.1, 0.15) is 0 Å². The van der Waals surface area contributed by atoms with E-state index in [1.807, 2.05) is 20.1 Å². The normalized spacial score (nSPS) is 14.1. The second-order valence-corrected chi connectivity index (χ2v) is 8.38. The molecule has 0 saturated heterocycles. The second kappa shape index (κ2) is 6.38. The minimum absolute atomic E-state index is 0.0226. The molecule has 1 aromatic heterocycles. The van der Waals surface area contributed by atoms with Gasteiger partial charge in [0, 0.05) is 35.1 Å². The molecule has 18 heavy (non-hydrogen) atoms. The van der Waals surface area contributed by atoms with Crippen LogP contribution in [0.4, 0.5) is 0 Å². The highest BCUT2D eigenvalue weighted by Crippen LogP contribution is 2.28. The Hall–Kier alpha value is -0.0800. The van der Waals surface area contributed by atoms with Crippen molar-refractivity contribution in [3.8, 4) is 0 Å². The number of nitrogens with zero attached hydrogens (tertiary/aromatic N) is 1. The first-order chi connectivity index (χ1) is 8.34. The van der Waals surface area contributed by atoms with Crippen molar-refractivity contribution in [2.24, 2.45) is 5.73 Å². The smallest absolute Gasteiger partial charge is 0.244 e. The predicted octanol–water partition coefficient (Wildman–Crippen LogP) is 1.89. The fourth-order valence-corrected chi connectivity index (χ4v) is 5.26. The summed E-state index contributed by atoms with van der Waals surface area (Å²) in [6.07, 6.45) is 1.97. The van der Waals surface area contributed by atoms with Gasteiger partial charge in [0.25, 0.3) is 0 Å². The minimum Gasteiger partial charge on any atom is -0.326 e. The zero-order valence-corrected chi connectivity index (χ0v) is 13.6. The third-order valence-electron chi connectivity index (χ3n) is 2.81. The van der Waals surface area contributed by atoms with Gasteiger partial charge in [0.15, 0.2) is 0 Å². The molecular weight excluding hydrogens is 288 g/mol. The van der Waals surface area contributed by atoms with Gasteiger partial charge in [0.05, 0.1) is 4.90 Å². The maximum Gasteiger partial charge on any atom is 0.244 e. The van der Waals surface area contributed by atoms with E-state index >= 15 is 0 Å². The van der Waals surface area contributed by atoms with Crippen molar-refractivity contribution in [1.82, 2.24) is 4.31 Å². The highest BCUT2D eigenvalue weighted by molar-refractivity contribution is 7.98. The molecule has 1 unspecified atom stereocenters. The maximum atomic E-state index is 12.5. The van der Waals surface area contributed by atoms with Crippen LogP contribution < -0.4 is 5.73 Å². The third-order valence-corrected chi connectivity index (χ3v) is 6.93. The summed E-state index contributed by atoms with van der Waals surface area (Å²) in [6, 6.07) is 1.67. The van der Waals surface area contributed by atoms with Gasteiger partial charge < -0.3 is 5.73 Å². The van der Waals surface area contributed by atoms with Crippen LogP contribution in [0.15, 0.2) is 11.0 Å². The molecular formula is C11H20N2O2S3. The summed E-state index contributed by atoms with van der Waals surface area (Å²) < 4.78 is 26.4. The first-order valence-electron chi connectivity index (χ1n) is 5.61. The topological polar surface area (TPSA) is 63.4 Å². The monoisotopic (exact) mass is 308 g/mol. The van der Waals surface area contributed by atoms with Gasteiger partial charge >= 0.3 is 0 Å². The van der Waals surface area contributed by atoms with Crippen molar-refractivity contribution in [1.29, 1.82) is 0 Å². The van der Waals surface area contributed by atoms with Gasteiger partial charge in [-0.05, 0) is 26.2 Å². The summed E-state index contributed by atoms with van der Waals surface area (Å²) in [7, 11) is -1.77. The number of rotatable bonds is 6. The highest BCUT2D eigenvalue weighted by atomic mass is 32.2. The first kappa shape index (κ1) is 16.0. The maximum absolute atomic E-state index is 12.5. The number of hydrogen-bond acceptors (Lipinski definition) is 5. The van der Waals surface area contributed by atoms with Crippen molar-refractivity contribution < 1.29 is 8.42 Å². The lowest BCUT2D eigenvalue weighted by molar-refractivity contribution is 0.415. The Labute approximate surface area is 118 Å². The van der Waals surface area contributed by atoms with Crippen molar-refractivity contribution in [3.63, 3.8) is 0 Å². The number of nitrogens with two attached hydrogens (primary N) is 1. The van der Waals surface area contributed by atoms with Crippen LogP contribution in [0.2, 0.25) is 0 Å². The molecule has 0 aliphatic heterocycles. The Morgan fingerprint density at radius 1 is 1.56 bits per heavy atom. The van der Waals surface area contributed by atoms with Gasteiger partial charge in [0.2, 0.25) is 10.0 Å². The Balaban J connectivity index is 3.08. The molecule has 1 rings (SSSR count). The van der Waals surface area contributed by atoms with E-state index in [9.17, 15) is 8.42 Å². The average molecular weight is 308 g/mol. The van der Waals surface area contributed by atoms with Gasteiger partial charge in [-0.25, -0.2) is 8.42 Å². The number of sulfonamides is 1. The van der Waals surface area contributed by atoms with Crippen molar-refractivity contribution in [2.45, 2.75) is 31.3 Å². The van der Waals surface area contributed by atoms with Crippen LogP contribution in [0.5, 0.6) is 0 Å². The molecule has 0 aromatic carbocycles. The fourth-order valence-electron chi connectivity index (χ4n) is 1.62. The summed E-state index contributed by atoms with van der Waals surface area (Å²) in [5.41, 5.74) is 5.56. The molecule has 1 atom stereocenters. The molecule has 0 bridgehead atoms.